The summed E-state index contributed by atoms with van der Waals surface area (Å²) < 4.78 is 5.45. The van der Waals surface area contributed by atoms with Crippen molar-refractivity contribution >= 4 is 69.1 Å². The summed E-state index contributed by atoms with van der Waals surface area (Å²) in [5.41, 5.74) is 0.409. The van der Waals surface area contributed by atoms with Crippen molar-refractivity contribution in [2.45, 2.75) is 0 Å². The second-order valence-corrected chi connectivity index (χ2v) is 6.42. The van der Waals surface area contributed by atoms with Gasteiger partial charge in [-0.05, 0) is 36.5 Å². The number of halogens is 2. The number of carboxylic acids is 1. The second kappa shape index (κ2) is 7.33. The van der Waals surface area contributed by atoms with Gasteiger partial charge in [0, 0.05) is 10.4 Å². The van der Waals surface area contributed by atoms with Gasteiger partial charge in [-0.15, -0.1) is 0 Å². The standard InChI is InChI=1S/C17H10Cl2N2O4S/c18-9-6-10(16(23)24)14(11(19)7-9)20-17(26)21-15(22)13-5-8-3-1-2-4-12(8)25-13/h1-7H,(H,23,24)(H2,20,21,22,26). The Labute approximate surface area is 162 Å². The number of fused-ring (bicyclic) bond motifs is 1. The van der Waals surface area contributed by atoms with E-state index in [9.17, 15) is 14.7 Å². The van der Waals surface area contributed by atoms with E-state index < -0.39 is 11.9 Å². The molecule has 0 bridgehead atoms. The number of anilines is 1. The van der Waals surface area contributed by atoms with Gasteiger partial charge in [0.15, 0.2) is 10.9 Å². The number of aromatic carboxylic acids is 1. The maximum Gasteiger partial charge on any atom is 0.337 e. The first-order valence-electron chi connectivity index (χ1n) is 7.18. The predicted octanol–water partition coefficient (Wildman–Crippen LogP) is 4.56. The van der Waals surface area contributed by atoms with Crippen LogP contribution in [0, 0.1) is 0 Å². The Balaban J connectivity index is 1.79. The largest absolute Gasteiger partial charge is 0.478 e. The molecule has 0 radical (unpaired) electrons. The first kappa shape index (κ1) is 18.2. The molecule has 0 saturated carbocycles. The van der Waals surface area contributed by atoms with Crippen LogP contribution in [-0.2, 0) is 0 Å². The minimum Gasteiger partial charge on any atom is -0.478 e. The number of carbonyl (C=O) groups excluding carboxylic acids is 1. The van der Waals surface area contributed by atoms with Crippen LogP contribution in [-0.4, -0.2) is 22.1 Å². The molecule has 1 aromatic heterocycles. The van der Waals surface area contributed by atoms with Gasteiger partial charge in [0.2, 0.25) is 0 Å². The average Bonchev–Trinajstić information content (AvgIpc) is 3.01. The highest BCUT2D eigenvalue weighted by molar-refractivity contribution is 7.80. The fourth-order valence-electron chi connectivity index (χ4n) is 2.27. The summed E-state index contributed by atoms with van der Waals surface area (Å²) in [6.45, 7) is 0. The molecule has 6 nitrogen and oxygen atoms in total. The third-order valence-electron chi connectivity index (χ3n) is 3.40. The lowest BCUT2D eigenvalue weighted by Crippen LogP contribution is -2.34. The molecular weight excluding hydrogens is 399 g/mol. The molecular formula is C17H10Cl2N2O4S. The highest BCUT2D eigenvalue weighted by Crippen LogP contribution is 2.30. The van der Waals surface area contributed by atoms with Crippen molar-refractivity contribution in [1.29, 1.82) is 0 Å². The number of thiocarbonyl (C=S) groups is 1. The molecule has 0 unspecified atom stereocenters. The number of carbonyl (C=O) groups is 2. The average molecular weight is 409 g/mol. The van der Waals surface area contributed by atoms with Crippen molar-refractivity contribution < 1.29 is 19.1 Å². The van der Waals surface area contributed by atoms with E-state index in [0.29, 0.717) is 5.58 Å². The normalized spacial score (nSPS) is 10.5. The Morgan fingerprint density at radius 1 is 1.12 bits per heavy atom. The predicted molar refractivity (Wildman–Crippen MR) is 103 cm³/mol. The fourth-order valence-corrected chi connectivity index (χ4v) is 3.01. The number of hydrogen-bond acceptors (Lipinski definition) is 4. The molecule has 3 rings (SSSR count). The molecule has 0 aliphatic heterocycles. The lowest BCUT2D eigenvalue weighted by molar-refractivity contribution is 0.0697. The highest BCUT2D eigenvalue weighted by atomic mass is 35.5. The highest BCUT2D eigenvalue weighted by Gasteiger charge is 2.18. The number of rotatable bonds is 3. The molecule has 1 amide bonds. The Morgan fingerprint density at radius 2 is 1.85 bits per heavy atom. The maximum atomic E-state index is 12.3. The van der Waals surface area contributed by atoms with E-state index in [1.807, 2.05) is 6.07 Å². The van der Waals surface area contributed by atoms with Crippen LogP contribution in [0.3, 0.4) is 0 Å². The topological polar surface area (TPSA) is 91.6 Å². The number of amides is 1. The molecule has 0 aliphatic rings. The SMILES string of the molecule is O=C(NC(=S)Nc1c(Cl)cc(Cl)cc1C(=O)O)c1cc2ccccc2o1. The van der Waals surface area contributed by atoms with Gasteiger partial charge in [-0.25, -0.2) is 4.79 Å². The van der Waals surface area contributed by atoms with E-state index in [-0.39, 0.29) is 32.2 Å². The van der Waals surface area contributed by atoms with Crippen molar-refractivity contribution in [3.8, 4) is 0 Å². The Morgan fingerprint density at radius 3 is 2.54 bits per heavy atom. The van der Waals surface area contributed by atoms with Crippen LogP contribution in [0.5, 0.6) is 0 Å². The fraction of sp³-hybridized carbons (Fsp3) is 0. The zero-order valence-corrected chi connectivity index (χ0v) is 15.2. The van der Waals surface area contributed by atoms with Gasteiger partial charge in [0.1, 0.15) is 5.58 Å². The van der Waals surface area contributed by atoms with Gasteiger partial charge < -0.3 is 14.8 Å². The van der Waals surface area contributed by atoms with Gasteiger partial charge in [0.25, 0.3) is 5.91 Å². The molecule has 0 saturated heterocycles. The summed E-state index contributed by atoms with van der Waals surface area (Å²) in [6, 6.07) is 11.3. The molecule has 26 heavy (non-hydrogen) atoms. The maximum absolute atomic E-state index is 12.3. The zero-order valence-electron chi connectivity index (χ0n) is 12.9. The van der Waals surface area contributed by atoms with Gasteiger partial charge in [0.05, 0.1) is 16.3 Å². The molecule has 0 atom stereocenters. The van der Waals surface area contributed by atoms with Crippen LogP contribution >= 0.6 is 35.4 Å². The first-order chi connectivity index (χ1) is 12.3. The summed E-state index contributed by atoms with van der Waals surface area (Å²) in [4.78, 5) is 23.6. The lowest BCUT2D eigenvalue weighted by atomic mass is 10.2. The van der Waals surface area contributed by atoms with Crippen molar-refractivity contribution in [2.24, 2.45) is 0 Å². The molecule has 2 aromatic carbocycles. The molecule has 0 fully saturated rings. The molecule has 132 valence electrons. The Kier molecular flexibility index (Phi) is 5.13. The summed E-state index contributed by atoms with van der Waals surface area (Å²) in [5.74, 6) is -1.76. The van der Waals surface area contributed by atoms with E-state index in [4.69, 9.17) is 39.8 Å². The van der Waals surface area contributed by atoms with Gasteiger partial charge in [-0.2, -0.15) is 0 Å². The summed E-state index contributed by atoms with van der Waals surface area (Å²) in [6.07, 6.45) is 0. The number of nitrogens with one attached hydrogen (secondary N) is 2. The molecule has 3 N–H and O–H groups in total. The van der Waals surface area contributed by atoms with E-state index in [0.717, 1.165) is 5.39 Å². The summed E-state index contributed by atoms with van der Waals surface area (Å²) in [7, 11) is 0. The van der Waals surface area contributed by atoms with Crippen molar-refractivity contribution in [3.05, 3.63) is 63.8 Å². The number of carboxylic acid groups (broad SMARTS) is 1. The van der Waals surface area contributed by atoms with Crippen molar-refractivity contribution in [3.63, 3.8) is 0 Å². The minimum absolute atomic E-state index is 0.0264. The quantitative estimate of drug-likeness (QED) is 0.550. The van der Waals surface area contributed by atoms with Gasteiger partial charge in [-0.1, -0.05) is 41.4 Å². The Hall–Kier alpha value is -2.61. The van der Waals surface area contributed by atoms with E-state index in [2.05, 4.69) is 10.6 Å². The summed E-state index contributed by atoms with van der Waals surface area (Å²) >= 11 is 16.9. The minimum atomic E-state index is -1.25. The molecule has 3 aromatic rings. The molecule has 0 aliphatic carbocycles. The summed E-state index contributed by atoms with van der Waals surface area (Å²) in [5, 5.41) is 15.1. The van der Waals surface area contributed by atoms with Gasteiger partial charge >= 0.3 is 5.97 Å². The monoisotopic (exact) mass is 408 g/mol. The second-order valence-electron chi connectivity index (χ2n) is 5.17. The Bertz CT molecular complexity index is 1020. The zero-order chi connectivity index (χ0) is 18.8. The van der Waals surface area contributed by atoms with Crippen LogP contribution < -0.4 is 10.6 Å². The van der Waals surface area contributed by atoms with Crippen LogP contribution in [0.1, 0.15) is 20.9 Å². The van der Waals surface area contributed by atoms with Crippen molar-refractivity contribution in [2.75, 3.05) is 5.32 Å². The van der Waals surface area contributed by atoms with Crippen LogP contribution in [0.25, 0.3) is 11.0 Å². The first-order valence-corrected chi connectivity index (χ1v) is 8.35. The lowest BCUT2D eigenvalue weighted by Gasteiger charge is -2.13. The van der Waals surface area contributed by atoms with Crippen LogP contribution in [0.2, 0.25) is 10.0 Å². The number of furan rings is 1. The number of benzene rings is 2. The molecule has 1 heterocycles. The van der Waals surface area contributed by atoms with E-state index in [1.165, 1.54) is 12.1 Å². The third-order valence-corrected chi connectivity index (χ3v) is 4.12. The molecule has 9 heteroatoms. The molecule has 0 spiro atoms. The van der Waals surface area contributed by atoms with E-state index in [1.54, 1.807) is 24.3 Å². The van der Waals surface area contributed by atoms with Crippen molar-refractivity contribution in [1.82, 2.24) is 5.32 Å². The van der Waals surface area contributed by atoms with E-state index >= 15 is 0 Å². The number of hydrogen-bond donors (Lipinski definition) is 3. The van der Waals surface area contributed by atoms with Gasteiger partial charge in [-0.3, -0.25) is 10.1 Å². The van der Waals surface area contributed by atoms with Crippen LogP contribution in [0.15, 0.2) is 46.9 Å². The number of para-hydroxylation sites is 1. The third kappa shape index (κ3) is 3.80. The smallest absolute Gasteiger partial charge is 0.337 e. The van der Waals surface area contributed by atoms with Crippen LogP contribution in [0.4, 0.5) is 5.69 Å².